The first-order valence-electron chi connectivity index (χ1n) is 7.66. The molecule has 0 saturated carbocycles. The van der Waals surface area contributed by atoms with Gasteiger partial charge >= 0.3 is 5.76 Å². The Hall–Kier alpha value is -3.07. The van der Waals surface area contributed by atoms with Crippen LogP contribution in [0.1, 0.15) is 16.1 Å². The molecule has 0 aliphatic heterocycles. The van der Waals surface area contributed by atoms with E-state index in [1.54, 1.807) is 18.2 Å². The summed E-state index contributed by atoms with van der Waals surface area (Å²) >= 11 is 0. The molecule has 1 heterocycles. The number of alkyl halides is 2. The molecular formula is C18H13F2NO5S. The molecule has 6 nitrogen and oxygen atoms in total. The molecule has 3 aromatic rings. The fraction of sp³-hybridized carbons (Fsp3) is 0.111. The smallest absolute Gasteiger partial charge is 0.341 e. The number of anilines is 1. The lowest BCUT2D eigenvalue weighted by molar-refractivity contribution is 0.0997. The molecule has 1 amide bonds. The maximum Gasteiger partial charge on any atom is 0.341 e. The van der Waals surface area contributed by atoms with Crippen molar-refractivity contribution in [2.45, 2.75) is 17.6 Å². The van der Waals surface area contributed by atoms with Crippen LogP contribution < -0.4 is 10.7 Å². The predicted octanol–water partition coefficient (Wildman–Crippen LogP) is 3.35. The van der Waals surface area contributed by atoms with Crippen molar-refractivity contribution < 1.29 is 26.4 Å². The third-order valence-corrected chi connectivity index (χ3v) is 5.18. The minimum absolute atomic E-state index is 0.153. The summed E-state index contributed by atoms with van der Waals surface area (Å²) in [6.45, 7) is 1.82. The van der Waals surface area contributed by atoms with Crippen molar-refractivity contribution in [3.63, 3.8) is 0 Å². The Morgan fingerprint density at radius 1 is 1.07 bits per heavy atom. The van der Waals surface area contributed by atoms with Crippen LogP contribution in [0.25, 0.3) is 11.0 Å². The van der Waals surface area contributed by atoms with E-state index in [-0.39, 0.29) is 22.5 Å². The molecule has 2 aromatic carbocycles. The van der Waals surface area contributed by atoms with Crippen LogP contribution in [0.5, 0.6) is 0 Å². The second-order valence-electron chi connectivity index (χ2n) is 5.76. The van der Waals surface area contributed by atoms with Gasteiger partial charge in [0.05, 0.1) is 10.3 Å². The Morgan fingerprint density at radius 2 is 1.74 bits per heavy atom. The van der Waals surface area contributed by atoms with Gasteiger partial charge in [-0.1, -0.05) is 11.6 Å². The minimum atomic E-state index is -4.71. The first kappa shape index (κ1) is 18.7. The Morgan fingerprint density at radius 3 is 2.37 bits per heavy atom. The highest BCUT2D eigenvalue weighted by atomic mass is 32.2. The molecule has 1 N–H and O–H groups in total. The van der Waals surface area contributed by atoms with Gasteiger partial charge in [-0.3, -0.25) is 9.59 Å². The summed E-state index contributed by atoms with van der Waals surface area (Å²) in [4.78, 5) is 23.9. The van der Waals surface area contributed by atoms with E-state index in [0.717, 1.165) is 35.9 Å². The summed E-state index contributed by atoms with van der Waals surface area (Å²) < 4.78 is 53.2. The van der Waals surface area contributed by atoms with Crippen molar-refractivity contribution in [2.24, 2.45) is 0 Å². The highest BCUT2D eigenvalue weighted by Crippen LogP contribution is 2.21. The topological polar surface area (TPSA) is 93.4 Å². The molecule has 3 rings (SSSR count). The SMILES string of the molecule is Cc1ccc2oc(C(=O)Nc3ccc(S(=O)(=O)C(F)F)cc3)cc(=O)c2c1. The molecule has 0 atom stereocenters. The number of halogens is 2. The van der Waals surface area contributed by atoms with Crippen LogP contribution in [0, 0.1) is 6.92 Å². The van der Waals surface area contributed by atoms with Gasteiger partial charge in [-0.25, -0.2) is 8.42 Å². The van der Waals surface area contributed by atoms with Crippen LogP contribution in [-0.2, 0) is 9.84 Å². The van der Waals surface area contributed by atoms with Crippen LogP contribution >= 0.6 is 0 Å². The average molecular weight is 393 g/mol. The molecular weight excluding hydrogens is 380 g/mol. The summed E-state index contributed by atoms with van der Waals surface area (Å²) in [5, 5.41) is 2.76. The largest absolute Gasteiger partial charge is 0.451 e. The minimum Gasteiger partial charge on any atom is -0.451 e. The van der Waals surface area contributed by atoms with Gasteiger partial charge in [-0.15, -0.1) is 0 Å². The Kier molecular flexibility index (Phi) is 4.79. The van der Waals surface area contributed by atoms with Crippen LogP contribution in [-0.4, -0.2) is 20.1 Å². The van der Waals surface area contributed by atoms with E-state index in [4.69, 9.17) is 4.42 Å². The van der Waals surface area contributed by atoms with Gasteiger partial charge in [0.15, 0.2) is 11.2 Å². The number of benzene rings is 2. The maximum atomic E-state index is 12.5. The number of hydrogen-bond acceptors (Lipinski definition) is 5. The monoisotopic (exact) mass is 393 g/mol. The highest BCUT2D eigenvalue weighted by Gasteiger charge is 2.26. The van der Waals surface area contributed by atoms with E-state index in [1.807, 2.05) is 6.92 Å². The van der Waals surface area contributed by atoms with Gasteiger partial charge in [0.25, 0.3) is 5.91 Å². The fourth-order valence-corrected chi connectivity index (χ4v) is 3.13. The Bertz CT molecular complexity index is 1180. The van der Waals surface area contributed by atoms with Crippen LogP contribution in [0.3, 0.4) is 0 Å². The molecule has 0 aliphatic rings. The zero-order chi connectivity index (χ0) is 19.8. The normalized spacial score (nSPS) is 11.7. The molecule has 0 bridgehead atoms. The van der Waals surface area contributed by atoms with Crippen molar-refractivity contribution in [3.8, 4) is 0 Å². The quantitative estimate of drug-likeness (QED) is 0.734. The zero-order valence-corrected chi connectivity index (χ0v) is 14.7. The van der Waals surface area contributed by atoms with Crippen molar-refractivity contribution >= 4 is 32.4 Å². The Labute approximate surface area is 152 Å². The number of carbonyl (C=O) groups is 1. The molecule has 0 fully saturated rings. The lowest BCUT2D eigenvalue weighted by Crippen LogP contribution is -2.15. The molecule has 27 heavy (non-hydrogen) atoms. The summed E-state index contributed by atoms with van der Waals surface area (Å²) in [6.07, 6.45) is 0. The standard InChI is InChI=1S/C18H13F2NO5S/c1-10-2-7-15-13(8-10)14(22)9-16(26-15)17(23)21-11-3-5-12(6-4-11)27(24,25)18(19)20/h2-9,18H,1H3,(H,21,23). The fourth-order valence-electron chi connectivity index (χ4n) is 2.41. The van der Waals surface area contributed by atoms with Gasteiger partial charge in [0.2, 0.25) is 9.84 Å². The highest BCUT2D eigenvalue weighted by molar-refractivity contribution is 7.91. The zero-order valence-electron chi connectivity index (χ0n) is 13.9. The van der Waals surface area contributed by atoms with Crippen LogP contribution in [0.2, 0.25) is 0 Å². The molecule has 0 unspecified atom stereocenters. The van der Waals surface area contributed by atoms with Crippen molar-refractivity contribution in [1.82, 2.24) is 0 Å². The summed E-state index contributed by atoms with van der Waals surface area (Å²) in [7, 11) is -4.71. The summed E-state index contributed by atoms with van der Waals surface area (Å²) in [5.74, 6) is -4.51. The van der Waals surface area contributed by atoms with E-state index >= 15 is 0 Å². The number of aryl methyl sites for hydroxylation is 1. The lowest BCUT2D eigenvalue weighted by Gasteiger charge is -2.07. The molecule has 0 saturated heterocycles. The summed E-state index contributed by atoms with van der Waals surface area (Å²) in [5.41, 5.74) is 0.880. The first-order chi connectivity index (χ1) is 12.7. The molecule has 0 aliphatic carbocycles. The molecule has 9 heteroatoms. The number of nitrogens with one attached hydrogen (secondary N) is 1. The van der Waals surface area contributed by atoms with E-state index in [2.05, 4.69) is 5.32 Å². The van der Waals surface area contributed by atoms with E-state index in [1.165, 1.54) is 0 Å². The molecule has 0 spiro atoms. The van der Waals surface area contributed by atoms with Crippen molar-refractivity contribution in [2.75, 3.05) is 5.32 Å². The number of hydrogen-bond donors (Lipinski definition) is 1. The van der Waals surface area contributed by atoms with Gasteiger partial charge in [0, 0.05) is 11.8 Å². The lowest BCUT2D eigenvalue weighted by atomic mass is 10.1. The predicted molar refractivity (Wildman–Crippen MR) is 94.8 cm³/mol. The number of rotatable bonds is 4. The van der Waals surface area contributed by atoms with E-state index < -0.39 is 26.4 Å². The van der Waals surface area contributed by atoms with Gasteiger partial charge in [-0.05, 0) is 43.3 Å². The second-order valence-corrected chi connectivity index (χ2v) is 7.68. The Balaban J connectivity index is 1.87. The second kappa shape index (κ2) is 6.92. The third kappa shape index (κ3) is 3.72. The molecule has 140 valence electrons. The van der Waals surface area contributed by atoms with Crippen LogP contribution in [0.4, 0.5) is 14.5 Å². The summed E-state index contributed by atoms with van der Waals surface area (Å²) in [6, 6.07) is 10.2. The number of carbonyl (C=O) groups excluding carboxylic acids is 1. The first-order valence-corrected chi connectivity index (χ1v) is 9.21. The van der Waals surface area contributed by atoms with E-state index in [0.29, 0.717) is 5.39 Å². The molecule has 0 radical (unpaired) electrons. The van der Waals surface area contributed by atoms with Gasteiger partial charge in [-0.2, -0.15) is 8.78 Å². The van der Waals surface area contributed by atoms with E-state index in [9.17, 15) is 26.8 Å². The van der Waals surface area contributed by atoms with Gasteiger partial charge in [0.1, 0.15) is 5.58 Å². The van der Waals surface area contributed by atoms with Crippen LogP contribution in [0.15, 0.2) is 62.6 Å². The number of sulfone groups is 1. The third-order valence-electron chi connectivity index (χ3n) is 3.78. The number of fused-ring (bicyclic) bond motifs is 1. The van der Waals surface area contributed by atoms with Crippen molar-refractivity contribution in [3.05, 3.63) is 70.1 Å². The number of amides is 1. The average Bonchev–Trinajstić information content (AvgIpc) is 2.62. The van der Waals surface area contributed by atoms with Gasteiger partial charge < -0.3 is 9.73 Å². The van der Waals surface area contributed by atoms with Crippen molar-refractivity contribution in [1.29, 1.82) is 0 Å². The maximum absolute atomic E-state index is 12.5. The molecule has 1 aromatic heterocycles.